The summed E-state index contributed by atoms with van der Waals surface area (Å²) in [5.41, 5.74) is 2.11. The van der Waals surface area contributed by atoms with E-state index in [1.165, 1.54) is 11.6 Å². The third-order valence-corrected chi connectivity index (χ3v) is 6.04. The molecule has 8 nitrogen and oxygen atoms in total. The summed E-state index contributed by atoms with van der Waals surface area (Å²) in [6.45, 7) is 5.82. The van der Waals surface area contributed by atoms with Gasteiger partial charge >= 0.3 is 0 Å². The molecule has 31 heavy (non-hydrogen) atoms. The zero-order chi connectivity index (χ0) is 22.0. The standard InChI is InChI=1S/C23H27N3O5/c1-15(2)16-6-8-17(9-7-16)24-23(27)22(25-10-4-3-5-11-25)18-12-20-21(31-14-30-20)13-19(18)26(28)29/h6-9,12-13,15,22H,3-5,10-11,14H2,1-2H3,(H,24,27)/p+1. The van der Waals surface area contributed by atoms with Crippen LogP contribution in [0.4, 0.5) is 11.4 Å². The van der Waals surface area contributed by atoms with Crippen molar-refractivity contribution in [3.05, 3.63) is 57.6 Å². The molecule has 164 valence electrons. The van der Waals surface area contributed by atoms with Gasteiger partial charge in [0.25, 0.3) is 11.6 Å². The summed E-state index contributed by atoms with van der Waals surface area (Å²) in [5.74, 6) is 0.923. The van der Waals surface area contributed by atoms with Crippen LogP contribution in [0.3, 0.4) is 0 Å². The van der Waals surface area contributed by atoms with E-state index in [1.807, 2.05) is 24.3 Å². The summed E-state index contributed by atoms with van der Waals surface area (Å²) in [4.78, 5) is 25.9. The summed E-state index contributed by atoms with van der Waals surface area (Å²) in [6, 6.07) is 10.0. The molecular formula is C23H28N3O5+. The number of ether oxygens (including phenoxy) is 2. The number of anilines is 1. The number of benzene rings is 2. The number of hydrogen-bond donors (Lipinski definition) is 2. The zero-order valence-corrected chi connectivity index (χ0v) is 17.8. The Labute approximate surface area is 181 Å². The van der Waals surface area contributed by atoms with Gasteiger partial charge in [-0.2, -0.15) is 0 Å². The average molecular weight is 426 g/mol. The summed E-state index contributed by atoms with van der Waals surface area (Å²) in [7, 11) is 0. The quantitative estimate of drug-likeness (QED) is 0.546. The number of nitro groups is 1. The van der Waals surface area contributed by atoms with Crippen LogP contribution < -0.4 is 19.7 Å². The number of piperidine rings is 1. The number of amides is 1. The van der Waals surface area contributed by atoms with Gasteiger partial charge in [-0.05, 0) is 42.9 Å². The Morgan fingerprint density at radius 2 is 1.71 bits per heavy atom. The number of nitro benzene ring substituents is 1. The van der Waals surface area contributed by atoms with Crippen LogP contribution in [0.1, 0.15) is 56.2 Å². The minimum atomic E-state index is -0.708. The predicted octanol–water partition coefficient (Wildman–Crippen LogP) is 3.20. The second kappa shape index (κ2) is 8.93. The summed E-state index contributed by atoms with van der Waals surface area (Å²) in [5, 5.41) is 14.8. The fourth-order valence-corrected chi connectivity index (χ4v) is 4.34. The average Bonchev–Trinajstić information content (AvgIpc) is 3.22. The highest BCUT2D eigenvalue weighted by Crippen LogP contribution is 2.40. The maximum absolute atomic E-state index is 13.5. The normalized spacial score (nSPS) is 16.9. The van der Waals surface area contributed by atoms with Crippen molar-refractivity contribution in [2.45, 2.75) is 45.1 Å². The summed E-state index contributed by atoms with van der Waals surface area (Å²) in [6.07, 6.45) is 3.08. The Bertz CT molecular complexity index is 968. The minimum absolute atomic E-state index is 0.0194. The van der Waals surface area contributed by atoms with Crippen molar-refractivity contribution in [1.29, 1.82) is 0 Å². The highest BCUT2D eigenvalue weighted by Gasteiger charge is 2.39. The molecule has 0 saturated carbocycles. The van der Waals surface area contributed by atoms with E-state index in [4.69, 9.17) is 9.47 Å². The van der Waals surface area contributed by atoms with E-state index in [-0.39, 0.29) is 18.4 Å². The molecular weight excluding hydrogens is 398 g/mol. The van der Waals surface area contributed by atoms with Crippen LogP contribution in [-0.4, -0.2) is 30.7 Å². The zero-order valence-electron chi connectivity index (χ0n) is 17.8. The van der Waals surface area contributed by atoms with Gasteiger partial charge in [0.1, 0.15) is 5.56 Å². The molecule has 0 radical (unpaired) electrons. The molecule has 0 aromatic heterocycles. The second-order valence-corrected chi connectivity index (χ2v) is 8.44. The minimum Gasteiger partial charge on any atom is -0.454 e. The number of likely N-dealkylation sites (tertiary alicyclic amines) is 1. The van der Waals surface area contributed by atoms with Crippen LogP contribution in [0.15, 0.2) is 36.4 Å². The lowest BCUT2D eigenvalue weighted by atomic mass is 9.98. The van der Waals surface area contributed by atoms with E-state index in [2.05, 4.69) is 19.2 Å². The Morgan fingerprint density at radius 3 is 2.32 bits per heavy atom. The Hall–Kier alpha value is -3.13. The number of fused-ring (bicyclic) bond motifs is 1. The van der Waals surface area contributed by atoms with Crippen molar-refractivity contribution in [1.82, 2.24) is 0 Å². The second-order valence-electron chi connectivity index (χ2n) is 8.44. The van der Waals surface area contributed by atoms with E-state index in [9.17, 15) is 14.9 Å². The fourth-order valence-electron chi connectivity index (χ4n) is 4.34. The lowest BCUT2D eigenvalue weighted by Crippen LogP contribution is -3.14. The van der Waals surface area contributed by atoms with Gasteiger partial charge in [0.2, 0.25) is 6.79 Å². The first-order chi connectivity index (χ1) is 14.9. The topological polar surface area (TPSA) is 95.1 Å². The molecule has 0 bridgehead atoms. The van der Waals surface area contributed by atoms with Crippen LogP contribution in [0.5, 0.6) is 11.5 Å². The third kappa shape index (κ3) is 4.49. The van der Waals surface area contributed by atoms with Crippen LogP contribution in [0.25, 0.3) is 0 Å². The van der Waals surface area contributed by atoms with Gasteiger partial charge < -0.3 is 19.7 Å². The Morgan fingerprint density at radius 1 is 1.06 bits per heavy atom. The molecule has 1 atom stereocenters. The van der Waals surface area contributed by atoms with E-state index in [0.29, 0.717) is 28.7 Å². The van der Waals surface area contributed by atoms with Crippen molar-refractivity contribution in [2.24, 2.45) is 0 Å². The smallest absolute Gasteiger partial charge is 0.287 e. The molecule has 0 aliphatic carbocycles. The van der Waals surface area contributed by atoms with Gasteiger partial charge in [0.15, 0.2) is 17.5 Å². The number of nitrogens with one attached hydrogen (secondary N) is 2. The van der Waals surface area contributed by atoms with Crippen LogP contribution >= 0.6 is 0 Å². The molecule has 2 aliphatic heterocycles. The van der Waals surface area contributed by atoms with Crippen molar-refractivity contribution in [3.63, 3.8) is 0 Å². The first-order valence-electron chi connectivity index (χ1n) is 10.8. The lowest BCUT2D eigenvalue weighted by Gasteiger charge is -2.30. The fraction of sp³-hybridized carbons (Fsp3) is 0.435. The van der Waals surface area contributed by atoms with Gasteiger partial charge in [-0.3, -0.25) is 14.9 Å². The van der Waals surface area contributed by atoms with Crippen LogP contribution in [0, 0.1) is 10.1 Å². The molecule has 2 N–H and O–H groups in total. The number of carbonyl (C=O) groups is 1. The molecule has 8 heteroatoms. The lowest BCUT2D eigenvalue weighted by molar-refractivity contribution is -0.926. The van der Waals surface area contributed by atoms with Gasteiger partial charge in [-0.25, -0.2) is 0 Å². The molecule has 4 rings (SSSR count). The van der Waals surface area contributed by atoms with Crippen molar-refractivity contribution >= 4 is 17.3 Å². The van der Waals surface area contributed by atoms with Crippen molar-refractivity contribution in [3.8, 4) is 11.5 Å². The van der Waals surface area contributed by atoms with Crippen molar-refractivity contribution in [2.75, 3.05) is 25.2 Å². The first-order valence-corrected chi connectivity index (χ1v) is 10.8. The largest absolute Gasteiger partial charge is 0.454 e. The number of carbonyl (C=O) groups excluding carboxylic acids is 1. The number of hydrogen-bond acceptors (Lipinski definition) is 5. The molecule has 0 spiro atoms. The Balaban J connectivity index is 1.69. The maximum atomic E-state index is 13.5. The molecule has 1 fully saturated rings. The molecule has 2 aliphatic rings. The third-order valence-electron chi connectivity index (χ3n) is 6.04. The van der Waals surface area contributed by atoms with Crippen LogP contribution in [0.2, 0.25) is 0 Å². The predicted molar refractivity (Wildman–Crippen MR) is 116 cm³/mol. The van der Waals surface area contributed by atoms with E-state index >= 15 is 0 Å². The van der Waals surface area contributed by atoms with E-state index in [0.717, 1.165) is 37.3 Å². The van der Waals surface area contributed by atoms with Gasteiger partial charge in [0, 0.05) is 11.8 Å². The van der Waals surface area contributed by atoms with Crippen LogP contribution in [-0.2, 0) is 4.79 Å². The highest BCUT2D eigenvalue weighted by atomic mass is 16.7. The summed E-state index contributed by atoms with van der Waals surface area (Å²) >= 11 is 0. The Kier molecular flexibility index (Phi) is 6.08. The first kappa shape index (κ1) is 21.1. The SMILES string of the molecule is CC(C)c1ccc(NC(=O)C(c2cc3c(cc2[N+](=O)[O-])OCO3)[NH+]2CCCCC2)cc1. The molecule has 1 amide bonds. The van der Waals surface area contributed by atoms with Gasteiger partial charge in [-0.15, -0.1) is 0 Å². The van der Waals surface area contributed by atoms with Crippen molar-refractivity contribution < 1.29 is 24.1 Å². The van der Waals surface area contributed by atoms with E-state index in [1.54, 1.807) is 6.07 Å². The summed E-state index contributed by atoms with van der Waals surface area (Å²) < 4.78 is 10.8. The number of nitrogens with zero attached hydrogens (tertiary/aromatic N) is 1. The maximum Gasteiger partial charge on any atom is 0.287 e. The molecule has 1 saturated heterocycles. The van der Waals surface area contributed by atoms with Gasteiger partial charge in [0.05, 0.1) is 24.1 Å². The number of rotatable bonds is 6. The van der Waals surface area contributed by atoms with Gasteiger partial charge in [-0.1, -0.05) is 26.0 Å². The molecule has 2 aromatic rings. The van der Waals surface area contributed by atoms with E-state index < -0.39 is 11.0 Å². The molecule has 1 unspecified atom stereocenters. The number of quaternary nitrogens is 1. The molecule has 2 aromatic carbocycles. The molecule has 2 heterocycles. The highest BCUT2D eigenvalue weighted by molar-refractivity contribution is 5.95. The monoisotopic (exact) mass is 426 g/mol.